The molecule has 0 aromatic heterocycles. The summed E-state index contributed by atoms with van der Waals surface area (Å²) >= 11 is 3.33. The van der Waals surface area contributed by atoms with Crippen LogP contribution in [0.4, 0.5) is 0 Å². The van der Waals surface area contributed by atoms with Crippen molar-refractivity contribution in [2.45, 2.75) is 6.10 Å². The molecule has 1 N–H and O–H groups in total. The smallest absolute Gasteiger partial charge is 0.261 e. The fourth-order valence-corrected chi connectivity index (χ4v) is 2.80. The van der Waals surface area contributed by atoms with Gasteiger partial charge in [0.05, 0.1) is 17.7 Å². The zero-order valence-electron chi connectivity index (χ0n) is 12.1. The molecular formula is C17H14BrNO4. The number of hydrogen-bond acceptors (Lipinski definition) is 4. The van der Waals surface area contributed by atoms with Crippen LogP contribution in [-0.2, 0) is 0 Å². The van der Waals surface area contributed by atoms with Crippen molar-refractivity contribution >= 4 is 27.7 Å². The summed E-state index contributed by atoms with van der Waals surface area (Å²) in [7, 11) is 0. The number of aliphatic hydroxyl groups excluding tert-OH is 1. The number of rotatable bonds is 5. The van der Waals surface area contributed by atoms with Crippen molar-refractivity contribution in [2.75, 3.05) is 13.2 Å². The molecule has 118 valence electrons. The van der Waals surface area contributed by atoms with Crippen molar-refractivity contribution in [3.05, 3.63) is 64.1 Å². The van der Waals surface area contributed by atoms with Gasteiger partial charge < -0.3 is 9.84 Å². The number of hydrogen-bond donors (Lipinski definition) is 1. The lowest BCUT2D eigenvalue weighted by molar-refractivity contribution is 0.0457. The predicted molar refractivity (Wildman–Crippen MR) is 87.5 cm³/mol. The van der Waals surface area contributed by atoms with Gasteiger partial charge in [-0.3, -0.25) is 14.5 Å². The molecule has 1 aliphatic rings. The lowest BCUT2D eigenvalue weighted by Crippen LogP contribution is -2.39. The van der Waals surface area contributed by atoms with E-state index in [0.717, 1.165) is 9.37 Å². The van der Waals surface area contributed by atoms with E-state index in [1.54, 1.807) is 36.4 Å². The zero-order chi connectivity index (χ0) is 16.4. The van der Waals surface area contributed by atoms with Crippen LogP contribution in [0.5, 0.6) is 5.75 Å². The molecule has 2 amide bonds. The minimum absolute atomic E-state index is 0.0101. The Morgan fingerprint density at radius 3 is 2.30 bits per heavy atom. The number of fused-ring (bicyclic) bond motifs is 1. The summed E-state index contributed by atoms with van der Waals surface area (Å²) in [5.74, 6) is -0.167. The monoisotopic (exact) mass is 375 g/mol. The van der Waals surface area contributed by atoms with Gasteiger partial charge in [-0.25, -0.2) is 0 Å². The summed E-state index contributed by atoms with van der Waals surface area (Å²) < 4.78 is 6.34. The number of β-amino-alcohol motifs (C(OH)–C–C–N with tert-alkyl or cyclic N) is 1. The largest absolute Gasteiger partial charge is 0.491 e. The summed E-state index contributed by atoms with van der Waals surface area (Å²) in [6, 6.07) is 13.9. The molecule has 1 heterocycles. The van der Waals surface area contributed by atoms with Crippen LogP contribution in [0.2, 0.25) is 0 Å². The molecule has 5 nitrogen and oxygen atoms in total. The Balaban J connectivity index is 1.62. The van der Waals surface area contributed by atoms with Gasteiger partial charge in [0.2, 0.25) is 0 Å². The molecule has 1 aliphatic heterocycles. The van der Waals surface area contributed by atoms with Gasteiger partial charge in [-0.1, -0.05) is 34.1 Å². The van der Waals surface area contributed by atoms with Gasteiger partial charge in [-0.05, 0) is 30.3 Å². The number of halogens is 1. The van der Waals surface area contributed by atoms with Crippen LogP contribution in [0, 0.1) is 0 Å². The molecule has 1 atom stereocenters. The van der Waals surface area contributed by atoms with Crippen LogP contribution in [0.3, 0.4) is 0 Å². The molecule has 23 heavy (non-hydrogen) atoms. The maximum absolute atomic E-state index is 12.2. The molecule has 2 aromatic carbocycles. The number of carbonyl (C=O) groups is 2. The molecule has 0 aliphatic carbocycles. The van der Waals surface area contributed by atoms with E-state index in [-0.39, 0.29) is 25.0 Å². The fraction of sp³-hybridized carbons (Fsp3) is 0.176. The third-order valence-electron chi connectivity index (χ3n) is 3.51. The number of imide groups is 1. The average Bonchev–Trinajstić information content (AvgIpc) is 2.79. The second-order valence-corrected chi connectivity index (χ2v) is 6.10. The molecule has 0 spiro atoms. The molecule has 0 saturated carbocycles. The van der Waals surface area contributed by atoms with Crippen LogP contribution in [-0.4, -0.2) is 41.1 Å². The van der Waals surface area contributed by atoms with E-state index >= 15 is 0 Å². The van der Waals surface area contributed by atoms with Gasteiger partial charge in [-0.2, -0.15) is 0 Å². The predicted octanol–water partition coefficient (Wildman–Crippen LogP) is 2.49. The Kier molecular flexibility index (Phi) is 4.45. The van der Waals surface area contributed by atoms with Gasteiger partial charge in [0, 0.05) is 4.47 Å². The quantitative estimate of drug-likeness (QED) is 0.815. The molecule has 2 aromatic rings. The molecule has 0 unspecified atom stereocenters. The first kappa shape index (κ1) is 15.7. The van der Waals surface area contributed by atoms with E-state index < -0.39 is 6.10 Å². The van der Waals surface area contributed by atoms with E-state index in [0.29, 0.717) is 16.9 Å². The topological polar surface area (TPSA) is 66.8 Å². The first-order valence-corrected chi connectivity index (χ1v) is 7.87. The molecule has 6 heteroatoms. The van der Waals surface area contributed by atoms with Crippen molar-refractivity contribution in [3.63, 3.8) is 0 Å². The van der Waals surface area contributed by atoms with Gasteiger partial charge >= 0.3 is 0 Å². The standard InChI is InChI=1S/C17H14BrNO4/c18-11-4-3-5-13(8-11)23-10-12(20)9-19-16(21)14-6-1-2-7-15(14)17(19)22/h1-8,12,20H,9-10H2/t12-/m1/s1. The second-order valence-electron chi connectivity index (χ2n) is 5.19. The Bertz CT molecular complexity index is 727. The normalized spacial score (nSPS) is 14.8. The maximum atomic E-state index is 12.2. The van der Waals surface area contributed by atoms with Gasteiger partial charge in [0.15, 0.2) is 0 Å². The third-order valence-corrected chi connectivity index (χ3v) is 4.00. The number of aliphatic hydroxyl groups is 1. The lowest BCUT2D eigenvalue weighted by atomic mass is 10.1. The number of amides is 2. The molecule has 0 fully saturated rings. The van der Waals surface area contributed by atoms with E-state index in [9.17, 15) is 14.7 Å². The van der Waals surface area contributed by atoms with Gasteiger partial charge in [0.25, 0.3) is 11.8 Å². The highest BCUT2D eigenvalue weighted by Gasteiger charge is 2.36. The van der Waals surface area contributed by atoms with Crippen LogP contribution in [0.1, 0.15) is 20.7 Å². The number of ether oxygens (including phenoxy) is 1. The van der Waals surface area contributed by atoms with E-state index in [1.165, 1.54) is 0 Å². The average molecular weight is 376 g/mol. The molecule has 0 radical (unpaired) electrons. The molecule has 3 rings (SSSR count). The van der Waals surface area contributed by atoms with E-state index in [2.05, 4.69) is 15.9 Å². The summed E-state index contributed by atoms with van der Waals surface area (Å²) in [6.07, 6.45) is -0.962. The Morgan fingerprint density at radius 1 is 1.04 bits per heavy atom. The highest BCUT2D eigenvalue weighted by atomic mass is 79.9. The number of carbonyl (C=O) groups excluding carboxylic acids is 2. The first-order valence-electron chi connectivity index (χ1n) is 7.08. The summed E-state index contributed by atoms with van der Waals surface area (Å²) in [4.78, 5) is 25.5. The molecule has 0 bridgehead atoms. The van der Waals surface area contributed by atoms with Crippen LogP contribution >= 0.6 is 15.9 Å². The van der Waals surface area contributed by atoms with Crippen LogP contribution in [0.25, 0.3) is 0 Å². The Labute approximate surface area is 141 Å². The maximum Gasteiger partial charge on any atom is 0.261 e. The third kappa shape index (κ3) is 3.28. The minimum Gasteiger partial charge on any atom is -0.491 e. The number of benzene rings is 2. The summed E-state index contributed by atoms with van der Waals surface area (Å²) in [5.41, 5.74) is 0.746. The first-order chi connectivity index (χ1) is 11.1. The zero-order valence-corrected chi connectivity index (χ0v) is 13.7. The Hall–Kier alpha value is -2.18. The summed E-state index contributed by atoms with van der Waals surface area (Å²) in [5, 5.41) is 10.1. The number of nitrogens with zero attached hydrogens (tertiary/aromatic N) is 1. The van der Waals surface area contributed by atoms with Crippen LogP contribution < -0.4 is 4.74 Å². The minimum atomic E-state index is -0.962. The highest BCUT2D eigenvalue weighted by Crippen LogP contribution is 2.23. The van der Waals surface area contributed by atoms with Crippen molar-refractivity contribution in [1.82, 2.24) is 4.90 Å². The lowest BCUT2D eigenvalue weighted by Gasteiger charge is -2.18. The molecule has 0 saturated heterocycles. The van der Waals surface area contributed by atoms with Gasteiger partial charge in [-0.15, -0.1) is 0 Å². The second kappa shape index (κ2) is 6.52. The van der Waals surface area contributed by atoms with Crippen LogP contribution in [0.15, 0.2) is 53.0 Å². The summed E-state index contributed by atoms with van der Waals surface area (Å²) in [6.45, 7) is -0.107. The van der Waals surface area contributed by atoms with Crippen molar-refractivity contribution in [1.29, 1.82) is 0 Å². The Morgan fingerprint density at radius 2 is 1.70 bits per heavy atom. The van der Waals surface area contributed by atoms with Crippen molar-refractivity contribution in [2.24, 2.45) is 0 Å². The van der Waals surface area contributed by atoms with E-state index in [4.69, 9.17) is 4.74 Å². The van der Waals surface area contributed by atoms with Crippen molar-refractivity contribution in [3.8, 4) is 5.75 Å². The SMILES string of the molecule is O=C1c2ccccc2C(=O)N1C[C@@H](O)COc1cccc(Br)c1. The van der Waals surface area contributed by atoms with Gasteiger partial charge in [0.1, 0.15) is 18.5 Å². The van der Waals surface area contributed by atoms with Crippen molar-refractivity contribution < 1.29 is 19.4 Å². The fourth-order valence-electron chi connectivity index (χ4n) is 2.42. The van der Waals surface area contributed by atoms with E-state index in [1.807, 2.05) is 12.1 Å². The molecular weight excluding hydrogens is 362 g/mol. The highest BCUT2D eigenvalue weighted by molar-refractivity contribution is 9.10.